The molecule has 0 heterocycles. The number of carbonyl (C=O) groups is 2. The molecule has 0 saturated carbocycles. The van der Waals surface area contributed by atoms with E-state index in [2.05, 4.69) is 57.7 Å². The normalized spacial score (nSPS) is 13.6. The third-order valence-corrected chi connectivity index (χ3v) is 4.77. The van der Waals surface area contributed by atoms with E-state index in [0.717, 1.165) is 13.1 Å². The fourth-order valence-electron chi connectivity index (χ4n) is 2.79. The van der Waals surface area contributed by atoms with Crippen molar-refractivity contribution in [3.63, 3.8) is 0 Å². The van der Waals surface area contributed by atoms with Crippen LogP contribution in [0.3, 0.4) is 0 Å². The van der Waals surface area contributed by atoms with Gasteiger partial charge in [-0.1, -0.05) is 0 Å². The fraction of sp³-hybridized carbons (Fsp3) is 0.842. The Morgan fingerprint density at radius 3 is 1.90 bits per heavy atom. The van der Waals surface area contributed by atoms with Gasteiger partial charge in [0.2, 0.25) is 11.8 Å². The van der Waals surface area contributed by atoms with Crippen LogP contribution in [0.15, 0.2) is 0 Å². The first-order valence-corrected chi connectivity index (χ1v) is 10.4. The van der Waals surface area contributed by atoms with Gasteiger partial charge in [-0.25, -0.2) is 0 Å². The van der Waals surface area contributed by atoms with Gasteiger partial charge in [0.25, 0.3) is 0 Å². The summed E-state index contributed by atoms with van der Waals surface area (Å²) in [5, 5.41) is 21.5. The van der Waals surface area contributed by atoms with E-state index in [1.165, 1.54) is 4.90 Å². The van der Waals surface area contributed by atoms with E-state index in [0.29, 0.717) is 26.3 Å². The second-order valence-corrected chi connectivity index (χ2v) is 6.85. The van der Waals surface area contributed by atoms with Crippen molar-refractivity contribution in [3.8, 4) is 0 Å². The quantitative estimate of drug-likeness (QED) is 0.0670. The van der Waals surface area contributed by atoms with Gasteiger partial charge < -0.3 is 36.8 Å². The molecule has 11 heteroatoms. The summed E-state index contributed by atoms with van der Waals surface area (Å²) in [7, 11) is 7.34. The summed E-state index contributed by atoms with van der Waals surface area (Å²) in [4.78, 5) is 26.5. The summed E-state index contributed by atoms with van der Waals surface area (Å²) < 4.78 is 7.50. The van der Waals surface area contributed by atoms with Gasteiger partial charge in [0, 0.05) is 26.1 Å². The van der Waals surface area contributed by atoms with E-state index in [1.807, 2.05) is 21.1 Å². The number of carbonyl (C=O) groups excluding carboxylic acids is 2. The predicted octanol–water partition coefficient (Wildman–Crippen LogP) is -3.81. The molecule has 3 unspecified atom stereocenters. The molecule has 0 radical (unpaired) electrons. The molecule has 30 heavy (non-hydrogen) atoms. The van der Waals surface area contributed by atoms with Crippen molar-refractivity contribution in [1.29, 1.82) is 0 Å². The number of rotatable bonds is 17. The van der Waals surface area contributed by atoms with Crippen LogP contribution in [0.1, 0.15) is 20.3 Å². The molecule has 8 N–H and O–H groups in total. The number of nitrogens with one attached hydrogen (secondary N) is 8. The van der Waals surface area contributed by atoms with Crippen LogP contribution in [-0.2, 0) is 14.2 Å². The summed E-state index contributed by atoms with van der Waals surface area (Å²) >= 11 is 0. The molecule has 0 aromatic rings. The number of quaternary nitrogens is 1. The van der Waals surface area contributed by atoms with Crippen molar-refractivity contribution in [3.05, 3.63) is 6.65 Å². The molecule has 176 valence electrons. The minimum absolute atomic E-state index is 0.0196. The molecule has 11 nitrogen and oxygen atoms in total. The van der Waals surface area contributed by atoms with Gasteiger partial charge in [-0.3, -0.25) is 14.9 Å². The molecular formula is C19H43N8O3+. The van der Waals surface area contributed by atoms with Crippen molar-refractivity contribution in [2.75, 3.05) is 67.6 Å². The van der Waals surface area contributed by atoms with E-state index in [1.54, 1.807) is 7.05 Å². The van der Waals surface area contributed by atoms with Crippen LogP contribution in [0.5, 0.6) is 0 Å². The van der Waals surface area contributed by atoms with Gasteiger partial charge in [-0.15, -0.1) is 0 Å². The molecule has 3 atom stereocenters. The first-order chi connectivity index (χ1) is 14.4. The topological polar surface area (TPSA) is 143 Å². The van der Waals surface area contributed by atoms with Gasteiger partial charge in [-0.05, 0) is 42.0 Å². The minimum atomic E-state index is -0.449. The van der Waals surface area contributed by atoms with Crippen molar-refractivity contribution in [2.24, 2.45) is 5.92 Å². The van der Waals surface area contributed by atoms with E-state index in [4.69, 9.17) is 4.65 Å². The molecule has 2 amide bonds. The Kier molecular flexibility index (Phi) is 21.1. The van der Waals surface area contributed by atoms with Crippen molar-refractivity contribution in [2.45, 2.75) is 32.6 Å². The zero-order chi connectivity index (χ0) is 23.4. The average molecular weight is 432 g/mol. The second-order valence-electron chi connectivity index (χ2n) is 6.85. The molecular weight excluding hydrogens is 388 g/mol. The van der Waals surface area contributed by atoms with Crippen LogP contribution >= 0.6 is 0 Å². The Bertz CT molecular complexity index is 460. The summed E-state index contributed by atoms with van der Waals surface area (Å²) in [6.45, 7) is 12.9. The summed E-state index contributed by atoms with van der Waals surface area (Å²) in [6, 6.07) is 0. The zero-order valence-corrected chi connectivity index (χ0v) is 19.4. The van der Waals surface area contributed by atoms with Crippen molar-refractivity contribution in [1.82, 2.24) is 37.2 Å². The Labute approximate surface area is 181 Å². The SMILES string of the molecule is CC[NH+](CC)CNC(=O)C(CNC(CNC)NC)CC(=O)NC(CNC)NC.[C-]#[O+]. The molecule has 0 rings (SSSR count). The Morgan fingerprint density at radius 1 is 0.900 bits per heavy atom. The molecule has 0 aliphatic heterocycles. The third kappa shape index (κ3) is 14.4. The molecule has 0 aromatic carbocycles. The fourth-order valence-corrected chi connectivity index (χ4v) is 2.79. The molecule has 0 aromatic heterocycles. The first-order valence-electron chi connectivity index (χ1n) is 10.4. The van der Waals surface area contributed by atoms with Crippen LogP contribution < -0.4 is 42.1 Å². The average Bonchev–Trinajstić information content (AvgIpc) is 2.77. The molecule has 0 saturated heterocycles. The third-order valence-electron chi connectivity index (χ3n) is 4.77. The number of hydrogen-bond acceptors (Lipinski definition) is 7. The zero-order valence-electron chi connectivity index (χ0n) is 19.4. The van der Waals surface area contributed by atoms with Crippen LogP contribution in [-0.4, -0.2) is 91.7 Å². The second kappa shape index (κ2) is 20.7. The van der Waals surface area contributed by atoms with Crippen LogP contribution in [0.4, 0.5) is 0 Å². The Balaban J connectivity index is 0. The summed E-state index contributed by atoms with van der Waals surface area (Å²) in [5.41, 5.74) is 0. The maximum absolute atomic E-state index is 12.7. The molecule has 0 bridgehead atoms. The first kappa shape index (κ1) is 30.6. The number of amides is 2. The van der Waals surface area contributed by atoms with Crippen LogP contribution in [0.2, 0.25) is 0 Å². The van der Waals surface area contributed by atoms with Gasteiger partial charge in [0.15, 0.2) is 6.67 Å². The van der Waals surface area contributed by atoms with Crippen molar-refractivity contribution < 1.29 is 19.1 Å². The molecule has 0 aliphatic carbocycles. The summed E-state index contributed by atoms with van der Waals surface area (Å²) in [5.74, 6) is -0.702. The Hall–Kier alpha value is -1.56. The van der Waals surface area contributed by atoms with Gasteiger partial charge in [-0.2, -0.15) is 0 Å². The Morgan fingerprint density at radius 2 is 1.43 bits per heavy atom. The van der Waals surface area contributed by atoms with E-state index >= 15 is 0 Å². The number of likely N-dealkylation sites (N-methyl/N-ethyl adjacent to an activating group) is 4. The van der Waals surface area contributed by atoms with Crippen LogP contribution in [0.25, 0.3) is 0 Å². The molecule has 0 spiro atoms. The van der Waals surface area contributed by atoms with Crippen LogP contribution in [0, 0.1) is 12.6 Å². The predicted molar refractivity (Wildman–Crippen MR) is 117 cm³/mol. The number of hydrogen-bond donors (Lipinski definition) is 8. The van der Waals surface area contributed by atoms with Gasteiger partial charge in [0.1, 0.15) is 0 Å². The van der Waals surface area contributed by atoms with E-state index in [9.17, 15) is 9.59 Å². The van der Waals surface area contributed by atoms with Gasteiger partial charge in [0.05, 0.1) is 31.3 Å². The van der Waals surface area contributed by atoms with Gasteiger partial charge >= 0.3 is 11.3 Å². The molecule has 0 fully saturated rings. The standard InChI is InChI=1S/C18H42N8O2.CO/c1-7-26(8-2)13-24-18(28)14(10-23-15(21-5)11-19-3)9-17(27)25-16(22-6)12-20-4;1-2/h14-16,19-23H,7-13H2,1-6H3,(H,24,28)(H,25,27);/p+1. The van der Waals surface area contributed by atoms with Crippen molar-refractivity contribution >= 4 is 11.8 Å². The van der Waals surface area contributed by atoms with E-state index < -0.39 is 5.92 Å². The monoisotopic (exact) mass is 431 g/mol. The maximum atomic E-state index is 12.7. The molecule has 0 aliphatic rings. The van der Waals surface area contributed by atoms with E-state index in [-0.39, 0.29) is 30.6 Å². The summed E-state index contributed by atoms with van der Waals surface area (Å²) in [6.07, 6.45) is -0.0284.